The lowest BCUT2D eigenvalue weighted by Crippen LogP contribution is -2.41. The van der Waals surface area contributed by atoms with E-state index >= 15 is 0 Å². The maximum Gasteiger partial charge on any atom is 0.251 e. The van der Waals surface area contributed by atoms with Gasteiger partial charge in [-0.05, 0) is 31.2 Å². The number of nitrogens with one attached hydrogen (secondary N) is 2. The summed E-state index contributed by atoms with van der Waals surface area (Å²) in [5, 5.41) is 5.26. The summed E-state index contributed by atoms with van der Waals surface area (Å²) in [5.41, 5.74) is 2.04. The van der Waals surface area contributed by atoms with E-state index in [2.05, 4.69) is 10.6 Å². The fourth-order valence-electron chi connectivity index (χ4n) is 2.47. The molecule has 0 aliphatic heterocycles. The zero-order chi connectivity index (χ0) is 21.4. The first-order valence-electron chi connectivity index (χ1n) is 8.94. The SMILES string of the molecule is COc1cc(OC)cc(C(=O)NCC(=O)N(C)CC(=O)Nc2ccc(C)cc2)c1. The molecule has 0 saturated carbocycles. The molecule has 0 aliphatic rings. The number of hydrogen-bond donors (Lipinski definition) is 2. The number of aryl methyl sites for hydroxylation is 1. The van der Waals surface area contributed by atoms with Crippen molar-refractivity contribution >= 4 is 23.4 Å². The molecule has 3 amide bonds. The van der Waals surface area contributed by atoms with Gasteiger partial charge in [0.05, 0.1) is 27.3 Å². The summed E-state index contributed by atoms with van der Waals surface area (Å²) in [4.78, 5) is 37.9. The topological polar surface area (TPSA) is 97.0 Å². The van der Waals surface area contributed by atoms with E-state index in [1.165, 1.54) is 26.2 Å². The van der Waals surface area contributed by atoms with Gasteiger partial charge in [-0.1, -0.05) is 17.7 Å². The Morgan fingerprint density at radius 1 is 0.966 bits per heavy atom. The third kappa shape index (κ3) is 6.53. The van der Waals surface area contributed by atoms with E-state index in [-0.39, 0.29) is 19.0 Å². The lowest BCUT2D eigenvalue weighted by atomic mass is 10.2. The van der Waals surface area contributed by atoms with E-state index in [1.807, 2.05) is 19.1 Å². The van der Waals surface area contributed by atoms with Gasteiger partial charge in [0.2, 0.25) is 11.8 Å². The summed E-state index contributed by atoms with van der Waals surface area (Å²) in [5.74, 6) is -0.245. The summed E-state index contributed by atoms with van der Waals surface area (Å²) >= 11 is 0. The Kier molecular flexibility index (Phi) is 7.59. The highest BCUT2D eigenvalue weighted by atomic mass is 16.5. The van der Waals surface area contributed by atoms with Crippen LogP contribution in [0, 0.1) is 6.92 Å². The minimum atomic E-state index is -0.451. The number of anilines is 1. The van der Waals surface area contributed by atoms with Crippen molar-refractivity contribution in [1.82, 2.24) is 10.2 Å². The van der Waals surface area contributed by atoms with Crippen LogP contribution in [0.15, 0.2) is 42.5 Å². The number of ether oxygens (including phenoxy) is 2. The van der Waals surface area contributed by atoms with E-state index in [1.54, 1.807) is 30.3 Å². The Labute approximate surface area is 169 Å². The van der Waals surface area contributed by atoms with Crippen LogP contribution in [-0.4, -0.2) is 57.0 Å². The van der Waals surface area contributed by atoms with Gasteiger partial charge in [-0.15, -0.1) is 0 Å². The highest BCUT2D eigenvalue weighted by Crippen LogP contribution is 2.22. The largest absolute Gasteiger partial charge is 0.497 e. The van der Waals surface area contributed by atoms with Crippen molar-refractivity contribution in [2.75, 3.05) is 39.7 Å². The van der Waals surface area contributed by atoms with Crippen LogP contribution in [0.1, 0.15) is 15.9 Å². The molecule has 0 radical (unpaired) electrons. The Balaban J connectivity index is 1.86. The zero-order valence-corrected chi connectivity index (χ0v) is 16.9. The molecule has 0 bridgehead atoms. The fourth-order valence-corrected chi connectivity index (χ4v) is 2.47. The van der Waals surface area contributed by atoms with Crippen molar-refractivity contribution in [2.24, 2.45) is 0 Å². The molecule has 0 aromatic heterocycles. The van der Waals surface area contributed by atoms with Crippen LogP contribution >= 0.6 is 0 Å². The van der Waals surface area contributed by atoms with Gasteiger partial charge in [-0.25, -0.2) is 0 Å². The second kappa shape index (κ2) is 10.1. The van der Waals surface area contributed by atoms with Crippen molar-refractivity contribution in [2.45, 2.75) is 6.92 Å². The summed E-state index contributed by atoms with van der Waals surface area (Å²) in [6, 6.07) is 12.1. The van der Waals surface area contributed by atoms with E-state index in [0.717, 1.165) is 5.56 Å². The molecular weight excluding hydrogens is 374 g/mol. The first-order chi connectivity index (χ1) is 13.8. The number of carbonyl (C=O) groups excluding carboxylic acids is 3. The number of benzene rings is 2. The Hall–Kier alpha value is -3.55. The van der Waals surface area contributed by atoms with Gasteiger partial charge in [0.1, 0.15) is 11.5 Å². The van der Waals surface area contributed by atoms with Crippen LogP contribution in [0.4, 0.5) is 5.69 Å². The number of methoxy groups -OCH3 is 2. The van der Waals surface area contributed by atoms with Crippen LogP contribution in [-0.2, 0) is 9.59 Å². The van der Waals surface area contributed by atoms with Crippen molar-refractivity contribution in [3.8, 4) is 11.5 Å². The van der Waals surface area contributed by atoms with Gasteiger partial charge >= 0.3 is 0 Å². The van der Waals surface area contributed by atoms with E-state index in [9.17, 15) is 14.4 Å². The molecule has 0 unspecified atom stereocenters. The highest BCUT2D eigenvalue weighted by Gasteiger charge is 2.16. The Bertz CT molecular complexity index is 858. The second-order valence-corrected chi connectivity index (χ2v) is 6.45. The standard InChI is InChI=1S/C21H25N3O5/c1-14-5-7-16(8-6-14)23-19(25)13-24(2)20(26)12-22-21(27)15-9-17(28-3)11-18(10-15)29-4/h5-11H,12-13H2,1-4H3,(H,22,27)(H,23,25). The van der Waals surface area contributed by atoms with E-state index < -0.39 is 11.8 Å². The number of hydrogen-bond acceptors (Lipinski definition) is 5. The molecule has 154 valence electrons. The molecule has 2 rings (SSSR count). The van der Waals surface area contributed by atoms with Gasteiger partial charge in [0, 0.05) is 24.4 Å². The monoisotopic (exact) mass is 399 g/mol. The highest BCUT2D eigenvalue weighted by molar-refractivity contribution is 5.98. The molecule has 8 nitrogen and oxygen atoms in total. The van der Waals surface area contributed by atoms with E-state index in [0.29, 0.717) is 22.7 Å². The quantitative estimate of drug-likeness (QED) is 0.706. The van der Waals surface area contributed by atoms with Crippen LogP contribution < -0.4 is 20.1 Å². The minimum absolute atomic E-state index is 0.129. The fraction of sp³-hybridized carbons (Fsp3) is 0.286. The first-order valence-corrected chi connectivity index (χ1v) is 8.94. The molecule has 0 fully saturated rings. The van der Waals surface area contributed by atoms with Crippen LogP contribution in [0.25, 0.3) is 0 Å². The van der Waals surface area contributed by atoms with E-state index in [4.69, 9.17) is 9.47 Å². The maximum atomic E-state index is 12.3. The van der Waals surface area contributed by atoms with Crippen molar-refractivity contribution in [3.63, 3.8) is 0 Å². The van der Waals surface area contributed by atoms with Gasteiger partial charge in [0.15, 0.2) is 0 Å². The van der Waals surface area contributed by atoms with Crippen LogP contribution in [0.2, 0.25) is 0 Å². The molecule has 0 spiro atoms. The molecule has 29 heavy (non-hydrogen) atoms. The molecule has 0 saturated heterocycles. The van der Waals surface area contributed by atoms with Crippen LogP contribution in [0.5, 0.6) is 11.5 Å². The van der Waals surface area contributed by atoms with Gasteiger partial charge < -0.3 is 25.0 Å². The average molecular weight is 399 g/mol. The number of amides is 3. The maximum absolute atomic E-state index is 12.3. The molecule has 2 aromatic carbocycles. The molecular formula is C21H25N3O5. The molecule has 2 aromatic rings. The zero-order valence-electron chi connectivity index (χ0n) is 16.9. The van der Waals surface area contributed by atoms with Gasteiger partial charge in [-0.2, -0.15) is 0 Å². The Morgan fingerprint density at radius 2 is 1.55 bits per heavy atom. The number of nitrogens with zero attached hydrogens (tertiary/aromatic N) is 1. The lowest BCUT2D eigenvalue weighted by Gasteiger charge is -2.17. The van der Waals surface area contributed by atoms with Crippen molar-refractivity contribution in [1.29, 1.82) is 0 Å². The minimum Gasteiger partial charge on any atom is -0.497 e. The molecule has 0 aliphatic carbocycles. The normalized spacial score (nSPS) is 10.1. The smallest absolute Gasteiger partial charge is 0.251 e. The predicted molar refractivity (Wildman–Crippen MR) is 109 cm³/mol. The molecule has 0 atom stereocenters. The van der Waals surface area contributed by atoms with Crippen molar-refractivity contribution in [3.05, 3.63) is 53.6 Å². The number of carbonyl (C=O) groups is 3. The molecule has 0 heterocycles. The number of likely N-dealkylation sites (N-methyl/N-ethyl adjacent to an activating group) is 1. The first kappa shape index (κ1) is 21.7. The molecule has 2 N–H and O–H groups in total. The third-order valence-corrected chi connectivity index (χ3v) is 4.16. The third-order valence-electron chi connectivity index (χ3n) is 4.16. The number of rotatable bonds is 8. The lowest BCUT2D eigenvalue weighted by molar-refractivity contribution is -0.132. The summed E-state index contributed by atoms with van der Waals surface area (Å²) in [7, 11) is 4.46. The predicted octanol–water partition coefficient (Wildman–Crippen LogP) is 1.84. The molecule has 8 heteroatoms. The summed E-state index contributed by atoms with van der Waals surface area (Å²) in [6.07, 6.45) is 0. The van der Waals surface area contributed by atoms with Gasteiger partial charge in [-0.3, -0.25) is 14.4 Å². The van der Waals surface area contributed by atoms with Crippen LogP contribution in [0.3, 0.4) is 0 Å². The van der Waals surface area contributed by atoms with Gasteiger partial charge in [0.25, 0.3) is 5.91 Å². The Morgan fingerprint density at radius 3 is 2.10 bits per heavy atom. The average Bonchev–Trinajstić information content (AvgIpc) is 2.72. The van der Waals surface area contributed by atoms with Crippen molar-refractivity contribution < 1.29 is 23.9 Å². The summed E-state index contributed by atoms with van der Waals surface area (Å²) in [6.45, 7) is 1.58. The summed E-state index contributed by atoms with van der Waals surface area (Å²) < 4.78 is 10.3. The second-order valence-electron chi connectivity index (χ2n) is 6.45.